The van der Waals surface area contributed by atoms with E-state index in [-0.39, 0.29) is 0 Å². The van der Waals surface area contributed by atoms with Crippen molar-refractivity contribution in [3.8, 4) is 6.07 Å². The molecule has 1 rings (SSSR count). The van der Waals surface area contributed by atoms with Gasteiger partial charge in [0.25, 0.3) is 0 Å². The molecule has 0 fully saturated rings. The SMILES string of the molecule is CNc1ccc(C#N)s1. The molecule has 1 N–H and O–H groups in total. The van der Waals surface area contributed by atoms with Crippen molar-refractivity contribution in [3.05, 3.63) is 17.0 Å². The first-order valence-electron chi connectivity index (χ1n) is 2.54. The van der Waals surface area contributed by atoms with Gasteiger partial charge in [-0.15, -0.1) is 11.3 Å². The minimum Gasteiger partial charge on any atom is -0.380 e. The maximum atomic E-state index is 8.38. The Bertz CT molecular complexity index is 233. The minimum absolute atomic E-state index is 0.749. The molecule has 0 amide bonds. The number of thiophene rings is 1. The highest BCUT2D eigenvalue weighted by Crippen LogP contribution is 2.19. The zero-order chi connectivity index (χ0) is 6.69. The van der Waals surface area contributed by atoms with Crippen molar-refractivity contribution in [2.75, 3.05) is 12.4 Å². The van der Waals surface area contributed by atoms with Crippen LogP contribution in [-0.2, 0) is 0 Å². The predicted octanol–water partition coefficient (Wildman–Crippen LogP) is 1.66. The average molecular weight is 138 g/mol. The molecule has 0 spiro atoms. The van der Waals surface area contributed by atoms with Crippen LogP contribution in [0.5, 0.6) is 0 Å². The van der Waals surface area contributed by atoms with Gasteiger partial charge in [-0.3, -0.25) is 0 Å². The Morgan fingerprint density at radius 1 is 1.67 bits per heavy atom. The molecule has 0 unspecified atom stereocenters. The van der Waals surface area contributed by atoms with Gasteiger partial charge in [0.1, 0.15) is 10.9 Å². The summed E-state index contributed by atoms with van der Waals surface area (Å²) in [6, 6.07) is 5.75. The van der Waals surface area contributed by atoms with E-state index < -0.39 is 0 Å². The highest BCUT2D eigenvalue weighted by atomic mass is 32.1. The second kappa shape index (κ2) is 2.51. The summed E-state index contributed by atoms with van der Waals surface area (Å²) in [7, 11) is 1.84. The van der Waals surface area contributed by atoms with E-state index in [1.807, 2.05) is 13.1 Å². The van der Waals surface area contributed by atoms with E-state index in [1.165, 1.54) is 11.3 Å². The Morgan fingerprint density at radius 3 is 2.78 bits per heavy atom. The fraction of sp³-hybridized carbons (Fsp3) is 0.167. The lowest BCUT2D eigenvalue weighted by Crippen LogP contribution is -1.79. The zero-order valence-corrected chi connectivity index (χ0v) is 5.83. The first-order chi connectivity index (χ1) is 4.36. The molecule has 3 heteroatoms. The Kier molecular flexibility index (Phi) is 1.71. The van der Waals surface area contributed by atoms with Crippen LogP contribution in [0.15, 0.2) is 12.1 Å². The van der Waals surface area contributed by atoms with Crippen LogP contribution in [0.4, 0.5) is 5.00 Å². The Hall–Kier alpha value is -1.01. The third-order valence-corrected chi connectivity index (χ3v) is 1.97. The molecule has 0 saturated heterocycles. The summed E-state index contributed by atoms with van der Waals surface area (Å²) in [5.41, 5.74) is 0. The summed E-state index contributed by atoms with van der Waals surface area (Å²) in [5, 5.41) is 12.4. The van der Waals surface area contributed by atoms with Crippen LogP contribution in [0.3, 0.4) is 0 Å². The molecular formula is C6H6N2S. The Balaban J connectivity index is 2.90. The fourth-order valence-electron chi connectivity index (χ4n) is 0.532. The van der Waals surface area contributed by atoms with Crippen LogP contribution in [0.25, 0.3) is 0 Å². The van der Waals surface area contributed by atoms with Crippen LogP contribution in [0.2, 0.25) is 0 Å². The van der Waals surface area contributed by atoms with Crippen molar-refractivity contribution in [2.24, 2.45) is 0 Å². The Morgan fingerprint density at radius 2 is 2.44 bits per heavy atom. The van der Waals surface area contributed by atoms with Gasteiger partial charge in [0.15, 0.2) is 0 Å². The van der Waals surface area contributed by atoms with Gasteiger partial charge in [0.05, 0.1) is 5.00 Å². The number of anilines is 1. The third-order valence-electron chi connectivity index (χ3n) is 0.963. The smallest absolute Gasteiger partial charge is 0.110 e. The summed E-state index contributed by atoms with van der Waals surface area (Å²) in [6.07, 6.45) is 0. The van der Waals surface area contributed by atoms with Crippen molar-refractivity contribution in [3.63, 3.8) is 0 Å². The number of rotatable bonds is 1. The molecule has 0 radical (unpaired) electrons. The van der Waals surface area contributed by atoms with E-state index in [4.69, 9.17) is 5.26 Å². The average Bonchev–Trinajstić information content (AvgIpc) is 2.34. The van der Waals surface area contributed by atoms with Crippen molar-refractivity contribution < 1.29 is 0 Å². The van der Waals surface area contributed by atoms with E-state index in [1.54, 1.807) is 6.07 Å². The van der Waals surface area contributed by atoms with Crippen LogP contribution in [0, 0.1) is 11.3 Å². The van der Waals surface area contributed by atoms with Crippen LogP contribution < -0.4 is 5.32 Å². The summed E-state index contributed by atoms with van der Waals surface area (Å²) in [6.45, 7) is 0. The molecule has 0 saturated carbocycles. The van der Waals surface area contributed by atoms with E-state index in [9.17, 15) is 0 Å². The molecule has 0 aromatic carbocycles. The summed E-state index contributed by atoms with van der Waals surface area (Å²) in [5.74, 6) is 0. The topological polar surface area (TPSA) is 35.8 Å². The molecule has 2 nitrogen and oxygen atoms in total. The highest BCUT2D eigenvalue weighted by molar-refractivity contribution is 7.16. The lowest BCUT2D eigenvalue weighted by Gasteiger charge is -1.86. The second-order valence-corrected chi connectivity index (χ2v) is 2.61. The van der Waals surface area contributed by atoms with Gasteiger partial charge < -0.3 is 5.32 Å². The lowest BCUT2D eigenvalue weighted by atomic mass is 10.5. The van der Waals surface area contributed by atoms with Crippen molar-refractivity contribution >= 4 is 16.3 Å². The molecule has 1 aromatic rings. The molecule has 0 aliphatic rings. The number of hydrogen-bond acceptors (Lipinski definition) is 3. The van der Waals surface area contributed by atoms with E-state index in [2.05, 4.69) is 11.4 Å². The number of hydrogen-bond donors (Lipinski definition) is 1. The van der Waals surface area contributed by atoms with Crippen LogP contribution in [-0.4, -0.2) is 7.05 Å². The van der Waals surface area contributed by atoms with Gasteiger partial charge in [-0.2, -0.15) is 5.26 Å². The monoisotopic (exact) mass is 138 g/mol. The standard InChI is InChI=1S/C6H6N2S/c1-8-6-3-2-5(4-7)9-6/h2-3,8H,1H3. The van der Waals surface area contributed by atoms with Gasteiger partial charge in [-0.05, 0) is 12.1 Å². The molecule has 1 aromatic heterocycles. The summed E-state index contributed by atoms with van der Waals surface area (Å²) < 4.78 is 0. The molecule has 0 aliphatic heterocycles. The van der Waals surface area contributed by atoms with Crippen LogP contribution in [0.1, 0.15) is 4.88 Å². The minimum atomic E-state index is 0.749. The van der Waals surface area contributed by atoms with Crippen molar-refractivity contribution in [2.45, 2.75) is 0 Å². The van der Waals surface area contributed by atoms with Crippen molar-refractivity contribution in [1.29, 1.82) is 5.26 Å². The molecule has 0 bridgehead atoms. The second-order valence-electron chi connectivity index (χ2n) is 1.53. The molecule has 0 aliphatic carbocycles. The molecule has 1 heterocycles. The van der Waals surface area contributed by atoms with E-state index in [0.717, 1.165) is 9.88 Å². The largest absolute Gasteiger partial charge is 0.380 e. The quantitative estimate of drug-likeness (QED) is 0.640. The van der Waals surface area contributed by atoms with Crippen molar-refractivity contribution in [1.82, 2.24) is 0 Å². The normalized spacial score (nSPS) is 8.44. The molecule has 46 valence electrons. The van der Waals surface area contributed by atoms with E-state index >= 15 is 0 Å². The first-order valence-corrected chi connectivity index (χ1v) is 3.36. The highest BCUT2D eigenvalue weighted by Gasteiger charge is 1.93. The van der Waals surface area contributed by atoms with Gasteiger partial charge in [0.2, 0.25) is 0 Å². The van der Waals surface area contributed by atoms with Gasteiger partial charge in [-0.1, -0.05) is 0 Å². The maximum absolute atomic E-state index is 8.38. The summed E-state index contributed by atoms with van der Waals surface area (Å²) >= 11 is 1.46. The molecule has 9 heavy (non-hydrogen) atoms. The maximum Gasteiger partial charge on any atom is 0.110 e. The number of nitrogens with zero attached hydrogens (tertiary/aromatic N) is 1. The molecule has 0 atom stereocenters. The number of nitriles is 1. The predicted molar refractivity (Wildman–Crippen MR) is 38.6 cm³/mol. The first kappa shape index (κ1) is 6.12. The molecular weight excluding hydrogens is 132 g/mol. The fourth-order valence-corrected chi connectivity index (χ4v) is 1.19. The van der Waals surface area contributed by atoms with Gasteiger partial charge in [-0.25, -0.2) is 0 Å². The lowest BCUT2D eigenvalue weighted by molar-refractivity contribution is 1.52. The Labute approximate surface area is 57.7 Å². The van der Waals surface area contributed by atoms with Gasteiger partial charge in [0, 0.05) is 7.05 Å². The van der Waals surface area contributed by atoms with E-state index in [0.29, 0.717) is 0 Å². The summed E-state index contributed by atoms with van der Waals surface area (Å²) in [4.78, 5) is 0.749. The van der Waals surface area contributed by atoms with Crippen LogP contribution >= 0.6 is 11.3 Å². The number of nitrogens with one attached hydrogen (secondary N) is 1. The van der Waals surface area contributed by atoms with Gasteiger partial charge >= 0.3 is 0 Å². The zero-order valence-electron chi connectivity index (χ0n) is 5.01. The third kappa shape index (κ3) is 1.21.